The van der Waals surface area contributed by atoms with Crippen molar-refractivity contribution in [3.05, 3.63) is 65.5 Å². The lowest BCUT2D eigenvalue weighted by Gasteiger charge is -2.18. The van der Waals surface area contributed by atoms with Gasteiger partial charge in [0.1, 0.15) is 0 Å². The van der Waals surface area contributed by atoms with Crippen LogP contribution < -0.4 is 5.32 Å². The molecule has 1 aromatic heterocycles. The van der Waals surface area contributed by atoms with Crippen molar-refractivity contribution in [2.75, 3.05) is 7.05 Å². The predicted octanol–water partition coefficient (Wildman–Crippen LogP) is 2.70. The minimum absolute atomic E-state index is 0.169. The summed E-state index contributed by atoms with van der Waals surface area (Å²) < 4.78 is 0. The standard InChI is InChI=1S/C14H16N2/c1-11-7-3-4-8-12(11)14(15-2)13-9-5-6-10-16-13/h3-10,14-15H,1-2H3. The van der Waals surface area contributed by atoms with Crippen LogP contribution in [0.4, 0.5) is 0 Å². The molecule has 2 nitrogen and oxygen atoms in total. The van der Waals surface area contributed by atoms with E-state index in [0.717, 1.165) is 5.69 Å². The van der Waals surface area contributed by atoms with Crippen LogP contribution in [0.5, 0.6) is 0 Å². The van der Waals surface area contributed by atoms with Crippen LogP contribution in [-0.2, 0) is 0 Å². The van der Waals surface area contributed by atoms with Crippen LogP contribution in [0, 0.1) is 6.92 Å². The van der Waals surface area contributed by atoms with E-state index in [2.05, 4.69) is 41.5 Å². The third-order valence-electron chi connectivity index (χ3n) is 2.77. The summed E-state index contributed by atoms with van der Waals surface area (Å²) in [7, 11) is 1.96. The van der Waals surface area contributed by atoms with Gasteiger partial charge in [0.2, 0.25) is 0 Å². The van der Waals surface area contributed by atoms with Crippen LogP contribution in [0.3, 0.4) is 0 Å². The highest BCUT2D eigenvalue weighted by Gasteiger charge is 2.14. The van der Waals surface area contributed by atoms with E-state index in [1.54, 1.807) is 0 Å². The zero-order valence-electron chi connectivity index (χ0n) is 9.64. The van der Waals surface area contributed by atoms with Crippen molar-refractivity contribution in [1.29, 1.82) is 0 Å². The maximum Gasteiger partial charge on any atom is 0.0751 e. The third-order valence-corrected chi connectivity index (χ3v) is 2.77. The first-order chi connectivity index (χ1) is 7.83. The molecule has 1 unspecified atom stereocenters. The summed E-state index contributed by atoms with van der Waals surface area (Å²) >= 11 is 0. The minimum Gasteiger partial charge on any atom is -0.308 e. The molecule has 0 amide bonds. The summed E-state index contributed by atoms with van der Waals surface area (Å²) in [6.45, 7) is 2.13. The van der Waals surface area contributed by atoms with Gasteiger partial charge in [-0.2, -0.15) is 0 Å². The van der Waals surface area contributed by atoms with Crippen LogP contribution in [-0.4, -0.2) is 12.0 Å². The molecule has 1 atom stereocenters. The molecule has 2 aromatic rings. The molecule has 2 heteroatoms. The second kappa shape index (κ2) is 4.90. The van der Waals surface area contributed by atoms with Gasteiger partial charge in [-0.25, -0.2) is 0 Å². The molecule has 0 spiro atoms. The zero-order valence-corrected chi connectivity index (χ0v) is 9.64. The second-order valence-electron chi connectivity index (χ2n) is 3.83. The van der Waals surface area contributed by atoms with Crippen molar-refractivity contribution >= 4 is 0 Å². The lowest BCUT2D eigenvalue weighted by molar-refractivity contribution is 0.667. The highest BCUT2D eigenvalue weighted by Crippen LogP contribution is 2.22. The molecule has 0 radical (unpaired) electrons. The average Bonchev–Trinajstić information content (AvgIpc) is 2.34. The molecule has 0 aliphatic heterocycles. The molecule has 0 bridgehead atoms. The highest BCUT2D eigenvalue weighted by molar-refractivity contribution is 5.34. The van der Waals surface area contributed by atoms with E-state index in [9.17, 15) is 0 Å². The minimum atomic E-state index is 0.169. The number of nitrogens with zero attached hydrogens (tertiary/aromatic N) is 1. The van der Waals surface area contributed by atoms with Gasteiger partial charge in [0.25, 0.3) is 0 Å². The third kappa shape index (κ3) is 2.12. The largest absolute Gasteiger partial charge is 0.308 e. The number of benzene rings is 1. The Morgan fingerprint density at radius 1 is 1.06 bits per heavy atom. The Bertz CT molecular complexity index is 451. The van der Waals surface area contributed by atoms with Gasteiger partial charge in [-0.05, 0) is 37.2 Å². The molecule has 1 aromatic carbocycles. The smallest absolute Gasteiger partial charge is 0.0751 e. The number of nitrogens with one attached hydrogen (secondary N) is 1. The van der Waals surface area contributed by atoms with Crippen LogP contribution >= 0.6 is 0 Å². The van der Waals surface area contributed by atoms with Gasteiger partial charge in [-0.3, -0.25) is 4.98 Å². The van der Waals surface area contributed by atoms with Crippen molar-refractivity contribution in [1.82, 2.24) is 10.3 Å². The SMILES string of the molecule is CNC(c1ccccn1)c1ccccc1C. The molecular weight excluding hydrogens is 196 g/mol. The van der Waals surface area contributed by atoms with Crippen molar-refractivity contribution in [2.24, 2.45) is 0 Å². The van der Waals surface area contributed by atoms with Crippen molar-refractivity contribution in [3.63, 3.8) is 0 Å². The Morgan fingerprint density at radius 3 is 2.44 bits per heavy atom. The molecule has 1 N–H and O–H groups in total. The number of hydrogen-bond acceptors (Lipinski definition) is 2. The van der Waals surface area contributed by atoms with E-state index >= 15 is 0 Å². The van der Waals surface area contributed by atoms with Crippen molar-refractivity contribution in [2.45, 2.75) is 13.0 Å². The number of hydrogen-bond donors (Lipinski definition) is 1. The fourth-order valence-electron chi connectivity index (χ4n) is 1.92. The van der Waals surface area contributed by atoms with E-state index in [1.165, 1.54) is 11.1 Å². The fraction of sp³-hybridized carbons (Fsp3) is 0.214. The zero-order chi connectivity index (χ0) is 11.4. The van der Waals surface area contributed by atoms with Gasteiger partial charge in [0, 0.05) is 6.20 Å². The van der Waals surface area contributed by atoms with Gasteiger partial charge in [0.05, 0.1) is 11.7 Å². The van der Waals surface area contributed by atoms with Crippen molar-refractivity contribution < 1.29 is 0 Å². The van der Waals surface area contributed by atoms with E-state index in [-0.39, 0.29) is 6.04 Å². The molecule has 0 saturated carbocycles. The predicted molar refractivity (Wildman–Crippen MR) is 66.3 cm³/mol. The lowest BCUT2D eigenvalue weighted by Crippen LogP contribution is -2.19. The summed E-state index contributed by atoms with van der Waals surface area (Å²) in [6, 6.07) is 14.6. The molecule has 82 valence electrons. The normalized spacial score (nSPS) is 12.4. The Balaban J connectivity index is 2.41. The quantitative estimate of drug-likeness (QED) is 0.846. The van der Waals surface area contributed by atoms with E-state index < -0.39 is 0 Å². The topological polar surface area (TPSA) is 24.9 Å². The molecule has 0 aliphatic rings. The Labute approximate surface area is 96.4 Å². The molecule has 0 aliphatic carbocycles. The Kier molecular flexibility index (Phi) is 3.32. The summed E-state index contributed by atoms with van der Waals surface area (Å²) in [6.07, 6.45) is 1.83. The fourth-order valence-corrected chi connectivity index (χ4v) is 1.92. The molecule has 0 fully saturated rings. The van der Waals surface area contributed by atoms with Gasteiger partial charge in [0.15, 0.2) is 0 Å². The first kappa shape index (κ1) is 10.8. The van der Waals surface area contributed by atoms with E-state index in [1.807, 2.05) is 31.4 Å². The van der Waals surface area contributed by atoms with Crippen LogP contribution in [0.15, 0.2) is 48.7 Å². The van der Waals surface area contributed by atoms with E-state index in [0.29, 0.717) is 0 Å². The van der Waals surface area contributed by atoms with Crippen LogP contribution in [0.2, 0.25) is 0 Å². The molecule has 1 heterocycles. The summed E-state index contributed by atoms with van der Waals surface area (Å²) in [5.41, 5.74) is 3.62. The molecule has 2 rings (SSSR count). The number of pyridine rings is 1. The Morgan fingerprint density at radius 2 is 1.81 bits per heavy atom. The highest BCUT2D eigenvalue weighted by atomic mass is 14.9. The van der Waals surface area contributed by atoms with Crippen LogP contribution in [0.1, 0.15) is 22.9 Å². The van der Waals surface area contributed by atoms with Gasteiger partial charge >= 0.3 is 0 Å². The lowest BCUT2D eigenvalue weighted by atomic mass is 9.98. The molecular formula is C14H16N2. The van der Waals surface area contributed by atoms with Gasteiger partial charge < -0.3 is 5.32 Å². The maximum atomic E-state index is 4.40. The monoisotopic (exact) mass is 212 g/mol. The molecule has 0 saturated heterocycles. The average molecular weight is 212 g/mol. The first-order valence-electron chi connectivity index (χ1n) is 5.46. The number of rotatable bonds is 3. The Hall–Kier alpha value is -1.67. The first-order valence-corrected chi connectivity index (χ1v) is 5.46. The van der Waals surface area contributed by atoms with E-state index in [4.69, 9.17) is 0 Å². The van der Waals surface area contributed by atoms with Gasteiger partial charge in [-0.15, -0.1) is 0 Å². The summed E-state index contributed by atoms with van der Waals surface area (Å²) in [4.78, 5) is 4.40. The maximum absolute atomic E-state index is 4.40. The number of aryl methyl sites for hydroxylation is 1. The molecule has 16 heavy (non-hydrogen) atoms. The summed E-state index contributed by atoms with van der Waals surface area (Å²) in [5.74, 6) is 0. The van der Waals surface area contributed by atoms with Gasteiger partial charge in [-0.1, -0.05) is 30.3 Å². The van der Waals surface area contributed by atoms with Crippen LogP contribution in [0.25, 0.3) is 0 Å². The number of aromatic nitrogens is 1. The summed E-state index contributed by atoms with van der Waals surface area (Å²) in [5, 5.41) is 3.31. The second-order valence-corrected chi connectivity index (χ2v) is 3.83. The van der Waals surface area contributed by atoms with Crippen molar-refractivity contribution in [3.8, 4) is 0 Å².